The second-order valence-electron chi connectivity index (χ2n) is 7.77. The van der Waals surface area contributed by atoms with Gasteiger partial charge in [0.15, 0.2) is 6.61 Å². The maximum atomic E-state index is 13.2. The zero-order chi connectivity index (χ0) is 22.2. The molecule has 0 saturated heterocycles. The number of hydrogen-bond donors (Lipinski definition) is 1. The Labute approximate surface area is 181 Å². The summed E-state index contributed by atoms with van der Waals surface area (Å²) in [6, 6.07) is 12.5. The molecule has 2 amide bonds. The van der Waals surface area contributed by atoms with Gasteiger partial charge in [-0.2, -0.15) is 0 Å². The van der Waals surface area contributed by atoms with E-state index in [1.807, 2.05) is 0 Å². The number of ether oxygens (including phenoxy) is 1. The summed E-state index contributed by atoms with van der Waals surface area (Å²) in [5, 5.41) is 2.62. The van der Waals surface area contributed by atoms with Gasteiger partial charge in [0, 0.05) is 25.2 Å². The number of carbonyl (C=O) groups excluding carboxylic acids is 3. The van der Waals surface area contributed by atoms with Crippen LogP contribution in [0.15, 0.2) is 48.5 Å². The molecule has 0 spiro atoms. The van der Waals surface area contributed by atoms with Gasteiger partial charge >= 0.3 is 5.97 Å². The molecule has 164 valence electrons. The third kappa shape index (κ3) is 6.64. The van der Waals surface area contributed by atoms with Gasteiger partial charge in [-0.15, -0.1) is 0 Å². The zero-order valence-corrected chi connectivity index (χ0v) is 17.6. The van der Waals surface area contributed by atoms with E-state index in [4.69, 9.17) is 4.74 Å². The Morgan fingerprint density at radius 2 is 1.65 bits per heavy atom. The van der Waals surface area contributed by atoms with E-state index in [2.05, 4.69) is 5.32 Å². The highest BCUT2D eigenvalue weighted by Gasteiger charge is 2.26. The molecule has 0 unspecified atom stereocenters. The predicted molar refractivity (Wildman–Crippen MR) is 115 cm³/mol. The zero-order valence-electron chi connectivity index (χ0n) is 17.6. The summed E-state index contributed by atoms with van der Waals surface area (Å²) in [6.45, 7) is 1.40. The van der Waals surface area contributed by atoms with E-state index in [-0.39, 0.29) is 30.3 Å². The van der Waals surface area contributed by atoms with Crippen LogP contribution in [0.3, 0.4) is 0 Å². The fraction of sp³-hybridized carbons (Fsp3) is 0.375. The van der Waals surface area contributed by atoms with Crippen LogP contribution < -0.4 is 5.32 Å². The first-order valence-electron chi connectivity index (χ1n) is 10.5. The fourth-order valence-electron chi connectivity index (χ4n) is 3.79. The predicted octanol–water partition coefficient (Wildman–Crippen LogP) is 4.30. The summed E-state index contributed by atoms with van der Waals surface area (Å²) >= 11 is 0. The number of anilines is 1. The van der Waals surface area contributed by atoms with Gasteiger partial charge in [-0.25, -0.2) is 9.18 Å². The Morgan fingerprint density at radius 1 is 1.00 bits per heavy atom. The molecule has 0 aliphatic heterocycles. The Hall–Kier alpha value is -3.22. The molecule has 1 fully saturated rings. The highest BCUT2D eigenvalue weighted by Crippen LogP contribution is 2.24. The summed E-state index contributed by atoms with van der Waals surface area (Å²) < 4.78 is 18.5. The fourth-order valence-corrected chi connectivity index (χ4v) is 3.79. The second-order valence-corrected chi connectivity index (χ2v) is 7.77. The van der Waals surface area contributed by atoms with Crippen molar-refractivity contribution >= 4 is 23.5 Å². The molecule has 1 aliphatic carbocycles. The molecule has 0 heterocycles. The minimum atomic E-state index is -0.604. The minimum absolute atomic E-state index is 0.0851. The van der Waals surface area contributed by atoms with Crippen molar-refractivity contribution in [2.75, 3.05) is 11.9 Å². The molecule has 2 aromatic rings. The van der Waals surface area contributed by atoms with E-state index in [0.29, 0.717) is 17.8 Å². The van der Waals surface area contributed by atoms with Gasteiger partial charge in [0.25, 0.3) is 5.91 Å². The van der Waals surface area contributed by atoms with E-state index in [1.54, 1.807) is 29.2 Å². The van der Waals surface area contributed by atoms with Crippen molar-refractivity contribution in [1.82, 2.24) is 4.90 Å². The van der Waals surface area contributed by atoms with E-state index in [1.165, 1.54) is 31.2 Å². The summed E-state index contributed by atoms with van der Waals surface area (Å²) in [7, 11) is 0. The number of halogens is 1. The first-order valence-corrected chi connectivity index (χ1v) is 10.5. The number of nitrogens with zero attached hydrogens (tertiary/aromatic N) is 1. The average molecular weight is 426 g/mol. The molecule has 1 saturated carbocycles. The van der Waals surface area contributed by atoms with E-state index >= 15 is 0 Å². The molecule has 6 nitrogen and oxygen atoms in total. The van der Waals surface area contributed by atoms with Crippen LogP contribution in [0.5, 0.6) is 0 Å². The van der Waals surface area contributed by atoms with E-state index in [9.17, 15) is 18.8 Å². The molecule has 0 aromatic heterocycles. The molecule has 0 bridgehead atoms. The SMILES string of the molecule is CC(=O)Nc1ccc(C(=O)OCC(=O)N(Cc2ccc(F)cc2)C2CCCCC2)cc1. The van der Waals surface area contributed by atoms with Crippen LogP contribution in [-0.2, 0) is 20.9 Å². The van der Waals surface area contributed by atoms with Crippen molar-refractivity contribution in [3.05, 3.63) is 65.5 Å². The van der Waals surface area contributed by atoms with Gasteiger partial charge in [-0.05, 0) is 54.8 Å². The number of hydrogen-bond acceptors (Lipinski definition) is 4. The molecule has 0 atom stereocenters. The van der Waals surface area contributed by atoms with Crippen molar-refractivity contribution < 1.29 is 23.5 Å². The number of carbonyl (C=O) groups is 3. The van der Waals surface area contributed by atoms with Crippen molar-refractivity contribution in [2.45, 2.75) is 51.6 Å². The van der Waals surface area contributed by atoms with E-state index < -0.39 is 5.97 Å². The molecular formula is C24H27FN2O4. The molecule has 1 N–H and O–H groups in total. The van der Waals surface area contributed by atoms with Crippen molar-refractivity contribution in [3.8, 4) is 0 Å². The second kappa shape index (κ2) is 10.7. The Morgan fingerprint density at radius 3 is 2.26 bits per heavy atom. The molecular weight excluding hydrogens is 399 g/mol. The molecule has 3 rings (SSSR count). The Balaban J connectivity index is 1.62. The number of nitrogens with one attached hydrogen (secondary N) is 1. The van der Waals surface area contributed by atoms with Crippen molar-refractivity contribution in [2.24, 2.45) is 0 Å². The quantitative estimate of drug-likeness (QED) is 0.670. The Bertz CT molecular complexity index is 906. The summed E-state index contributed by atoms with van der Waals surface area (Å²) in [4.78, 5) is 38.1. The van der Waals surface area contributed by atoms with Crippen LogP contribution >= 0.6 is 0 Å². The normalized spacial score (nSPS) is 14.0. The van der Waals surface area contributed by atoms with Crippen LogP contribution in [0, 0.1) is 5.82 Å². The molecule has 2 aromatic carbocycles. The largest absolute Gasteiger partial charge is 0.452 e. The third-order valence-electron chi connectivity index (χ3n) is 5.37. The lowest BCUT2D eigenvalue weighted by Crippen LogP contribution is -2.43. The lowest BCUT2D eigenvalue weighted by molar-refractivity contribution is -0.138. The van der Waals surface area contributed by atoms with Crippen LogP contribution in [0.25, 0.3) is 0 Å². The monoisotopic (exact) mass is 426 g/mol. The van der Waals surface area contributed by atoms with Crippen molar-refractivity contribution in [1.29, 1.82) is 0 Å². The average Bonchev–Trinajstić information content (AvgIpc) is 2.77. The maximum absolute atomic E-state index is 13.2. The number of amides is 2. The van der Waals surface area contributed by atoms with Gasteiger partial charge in [0.1, 0.15) is 5.82 Å². The van der Waals surface area contributed by atoms with Crippen LogP contribution in [0.4, 0.5) is 10.1 Å². The smallest absolute Gasteiger partial charge is 0.338 e. The van der Waals surface area contributed by atoms with Crippen LogP contribution in [-0.4, -0.2) is 35.3 Å². The van der Waals surface area contributed by atoms with Gasteiger partial charge in [-0.3, -0.25) is 9.59 Å². The third-order valence-corrected chi connectivity index (χ3v) is 5.37. The minimum Gasteiger partial charge on any atom is -0.452 e. The molecule has 31 heavy (non-hydrogen) atoms. The molecule has 0 radical (unpaired) electrons. The van der Waals surface area contributed by atoms with Crippen LogP contribution in [0.1, 0.15) is 54.9 Å². The standard InChI is InChI=1S/C24H27FN2O4/c1-17(28)26-21-13-9-19(10-14-21)24(30)31-16-23(29)27(22-5-3-2-4-6-22)15-18-7-11-20(25)12-8-18/h7-14,22H,2-6,15-16H2,1H3,(H,26,28). The van der Waals surface area contributed by atoms with Gasteiger partial charge in [0.2, 0.25) is 5.91 Å². The lowest BCUT2D eigenvalue weighted by Gasteiger charge is -2.34. The van der Waals surface area contributed by atoms with Crippen molar-refractivity contribution in [3.63, 3.8) is 0 Å². The topological polar surface area (TPSA) is 75.7 Å². The van der Waals surface area contributed by atoms with Gasteiger partial charge in [-0.1, -0.05) is 31.4 Å². The number of esters is 1. The Kier molecular flexibility index (Phi) is 7.76. The first kappa shape index (κ1) is 22.5. The van der Waals surface area contributed by atoms with Gasteiger partial charge < -0.3 is 15.0 Å². The maximum Gasteiger partial charge on any atom is 0.338 e. The van der Waals surface area contributed by atoms with E-state index in [0.717, 1.165) is 37.7 Å². The number of benzene rings is 2. The van der Waals surface area contributed by atoms with Gasteiger partial charge in [0.05, 0.1) is 5.56 Å². The number of rotatable bonds is 7. The summed E-state index contributed by atoms with van der Waals surface area (Å²) in [5.74, 6) is -1.39. The summed E-state index contributed by atoms with van der Waals surface area (Å²) in [5.41, 5.74) is 1.70. The lowest BCUT2D eigenvalue weighted by atomic mass is 9.93. The van der Waals surface area contributed by atoms with Crippen LogP contribution in [0.2, 0.25) is 0 Å². The highest BCUT2D eigenvalue weighted by atomic mass is 19.1. The first-order chi connectivity index (χ1) is 14.9. The molecule has 1 aliphatic rings. The summed E-state index contributed by atoms with van der Waals surface area (Å²) in [6.07, 6.45) is 5.08. The highest BCUT2D eigenvalue weighted by molar-refractivity contribution is 5.93. The molecule has 7 heteroatoms.